The van der Waals surface area contributed by atoms with Gasteiger partial charge in [0, 0.05) is 12.6 Å². The van der Waals surface area contributed by atoms with Crippen LogP contribution in [0.5, 0.6) is 5.75 Å². The first-order valence-electron chi connectivity index (χ1n) is 5.88. The van der Waals surface area contributed by atoms with Crippen molar-refractivity contribution in [2.24, 2.45) is 5.73 Å². The second kappa shape index (κ2) is 7.54. The van der Waals surface area contributed by atoms with Crippen molar-refractivity contribution < 1.29 is 9.47 Å². The highest BCUT2D eigenvalue weighted by Gasteiger charge is 2.04. The first kappa shape index (κ1) is 14.3. The largest absolute Gasteiger partial charge is 0.490 e. The molecule has 0 radical (unpaired) electrons. The lowest BCUT2D eigenvalue weighted by Gasteiger charge is -2.10. The second-order valence-corrected chi connectivity index (χ2v) is 4.40. The number of hydrogen-bond donors (Lipinski definition) is 1. The van der Waals surface area contributed by atoms with Crippen LogP contribution in [-0.2, 0) is 11.2 Å². The summed E-state index contributed by atoms with van der Waals surface area (Å²) in [6.07, 6.45) is 0.818. The van der Waals surface area contributed by atoms with Crippen LogP contribution >= 0.6 is 11.6 Å². The predicted octanol–water partition coefficient (Wildman–Crippen LogP) is 2.65. The van der Waals surface area contributed by atoms with Crippen LogP contribution in [0.3, 0.4) is 0 Å². The van der Waals surface area contributed by atoms with Crippen molar-refractivity contribution in [1.29, 1.82) is 0 Å². The van der Waals surface area contributed by atoms with Gasteiger partial charge in [0.05, 0.1) is 11.6 Å². The number of rotatable bonds is 7. The molecule has 1 aromatic rings. The molecule has 0 heterocycles. The maximum absolute atomic E-state index is 6.12. The van der Waals surface area contributed by atoms with E-state index >= 15 is 0 Å². The third-order valence-corrected chi connectivity index (χ3v) is 2.54. The molecule has 3 nitrogen and oxygen atoms in total. The summed E-state index contributed by atoms with van der Waals surface area (Å²) in [5, 5.41) is 0.625. The molecule has 0 saturated heterocycles. The molecule has 2 N–H and O–H groups in total. The van der Waals surface area contributed by atoms with Crippen LogP contribution in [0.4, 0.5) is 0 Å². The highest BCUT2D eigenvalue weighted by atomic mass is 35.5. The monoisotopic (exact) mass is 257 g/mol. The minimum Gasteiger partial charge on any atom is -0.490 e. The van der Waals surface area contributed by atoms with Crippen LogP contribution in [0.1, 0.15) is 19.4 Å². The first-order valence-corrected chi connectivity index (χ1v) is 6.25. The fourth-order valence-electron chi connectivity index (χ4n) is 1.52. The predicted molar refractivity (Wildman–Crippen MR) is 70.8 cm³/mol. The van der Waals surface area contributed by atoms with Crippen LogP contribution in [-0.4, -0.2) is 25.9 Å². The molecule has 96 valence electrons. The van der Waals surface area contributed by atoms with Crippen molar-refractivity contribution >= 4 is 11.6 Å². The Morgan fingerprint density at radius 3 is 2.71 bits per heavy atom. The number of nitrogens with two attached hydrogens (primary N) is 1. The van der Waals surface area contributed by atoms with Gasteiger partial charge in [-0.15, -0.1) is 0 Å². The van der Waals surface area contributed by atoms with Gasteiger partial charge >= 0.3 is 0 Å². The standard InChI is InChI=1S/C13H20ClNO2/c1-3-16-6-7-17-13-5-4-11(8-10(2)15)9-12(13)14/h4-5,9-10H,3,6-8,15H2,1-2H3. The van der Waals surface area contributed by atoms with E-state index in [2.05, 4.69) is 0 Å². The van der Waals surface area contributed by atoms with Crippen molar-refractivity contribution in [2.75, 3.05) is 19.8 Å². The molecule has 1 rings (SSSR count). The average molecular weight is 258 g/mol. The van der Waals surface area contributed by atoms with Crippen LogP contribution in [0.2, 0.25) is 5.02 Å². The highest BCUT2D eigenvalue weighted by Crippen LogP contribution is 2.25. The minimum atomic E-state index is 0.135. The molecule has 17 heavy (non-hydrogen) atoms. The summed E-state index contributed by atoms with van der Waals surface area (Å²) in [6, 6.07) is 5.91. The van der Waals surface area contributed by atoms with Crippen LogP contribution in [0.15, 0.2) is 18.2 Å². The summed E-state index contributed by atoms with van der Waals surface area (Å²) in [7, 11) is 0. The smallest absolute Gasteiger partial charge is 0.138 e. The van der Waals surface area contributed by atoms with E-state index < -0.39 is 0 Å². The Kier molecular flexibility index (Phi) is 6.34. The normalized spacial score (nSPS) is 12.5. The molecule has 1 aromatic carbocycles. The lowest BCUT2D eigenvalue weighted by molar-refractivity contribution is 0.110. The molecule has 0 aliphatic carbocycles. The third-order valence-electron chi connectivity index (χ3n) is 2.24. The Balaban J connectivity index is 2.51. The molecule has 0 aromatic heterocycles. The van der Waals surface area contributed by atoms with Gasteiger partial charge < -0.3 is 15.2 Å². The summed E-state index contributed by atoms with van der Waals surface area (Å²) in [5.74, 6) is 0.694. The minimum absolute atomic E-state index is 0.135. The molecule has 0 aliphatic rings. The summed E-state index contributed by atoms with van der Waals surface area (Å²) in [5.41, 5.74) is 6.86. The van der Waals surface area contributed by atoms with Crippen molar-refractivity contribution in [3.8, 4) is 5.75 Å². The SMILES string of the molecule is CCOCCOc1ccc(CC(C)N)cc1Cl. The van der Waals surface area contributed by atoms with E-state index in [1.54, 1.807) is 0 Å². The lowest BCUT2D eigenvalue weighted by Crippen LogP contribution is -2.17. The van der Waals surface area contributed by atoms with E-state index in [1.807, 2.05) is 32.0 Å². The number of benzene rings is 1. The molecule has 0 amide bonds. The van der Waals surface area contributed by atoms with E-state index in [9.17, 15) is 0 Å². The lowest BCUT2D eigenvalue weighted by atomic mass is 10.1. The zero-order valence-corrected chi connectivity index (χ0v) is 11.2. The maximum atomic E-state index is 6.12. The highest BCUT2D eigenvalue weighted by molar-refractivity contribution is 6.32. The Labute approximate surface area is 108 Å². The Morgan fingerprint density at radius 2 is 2.12 bits per heavy atom. The van der Waals surface area contributed by atoms with Gasteiger partial charge in [-0.3, -0.25) is 0 Å². The third kappa shape index (κ3) is 5.39. The molecular weight excluding hydrogens is 238 g/mol. The zero-order valence-electron chi connectivity index (χ0n) is 10.4. The molecule has 0 bridgehead atoms. The van der Waals surface area contributed by atoms with Gasteiger partial charge in [0.1, 0.15) is 12.4 Å². The fraction of sp³-hybridized carbons (Fsp3) is 0.538. The van der Waals surface area contributed by atoms with Gasteiger partial charge in [-0.05, 0) is 38.0 Å². The maximum Gasteiger partial charge on any atom is 0.138 e. The first-order chi connectivity index (χ1) is 8.13. The van der Waals surface area contributed by atoms with Crippen molar-refractivity contribution in [2.45, 2.75) is 26.3 Å². The van der Waals surface area contributed by atoms with Gasteiger partial charge in [0.2, 0.25) is 0 Å². The summed E-state index contributed by atoms with van der Waals surface area (Å²) >= 11 is 6.12. The van der Waals surface area contributed by atoms with Crippen LogP contribution in [0.25, 0.3) is 0 Å². The molecule has 0 fully saturated rings. The molecule has 0 saturated carbocycles. The van der Waals surface area contributed by atoms with Crippen molar-refractivity contribution in [3.05, 3.63) is 28.8 Å². The van der Waals surface area contributed by atoms with E-state index in [4.69, 9.17) is 26.8 Å². The summed E-state index contributed by atoms with van der Waals surface area (Å²) in [6.45, 7) is 5.72. The number of halogens is 1. The van der Waals surface area contributed by atoms with E-state index in [1.165, 1.54) is 0 Å². The number of hydrogen-bond acceptors (Lipinski definition) is 3. The number of ether oxygens (including phenoxy) is 2. The van der Waals surface area contributed by atoms with Crippen LogP contribution in [0, 0.1) is 0 Å². The van der Waals surface area contributed by atoms with Gasteiger partial charge in [-0.1, -0.05) is 17.7 Å². The second-order valence-electron chi connectivity index (χ2n) is 3.99. The van der Waals surface area contributed by atoms with Crippen molar-refractivity contribution in [1.82, 2.24) is 0 Å². The van der Waals surface area contributed by atoms with E-state index in [0.29, 0.717) is 30.6 Å². The Morgan fingerprint density at radius 1 is 1.35 bits per heavy atom. The Hall–Kier alpha value is -0.770. The Bertz CT molecular complexity index is 342. The van der Waals surface area contributed by atoms with Crippen LogP contribution < -0.4 is 10.5 Å². The summed E-state index contributed by atoms with van der Waals surface area (Å²) in [4.78, 5) is 0. The van der Waals surface area contributed by atoms with Gasteiger partial charge in [-0.25, -0.2) is 0 Å². The molecular formula is C13H20ClNO2. The molecule has 0 aliphatic heterocycles. The van der Waals surface area contributed by atoms with Gasteiger partial charge in [0.15, 0.2) is 0 Å². The topological polar surface area (TPSA) is 44.5 Å². The van der Waals surface area contributed by atoms with Crippen molar-refractivity contribution in [3.63, 3.8) is 0 Å². The average Bonchev–Trinajstić information content (AvgIpc) is 2.26. The molecule has 4 heteroatoms. The van der Waals surface area contributed by atoms with Gasteiger partial charge in [0.25, 0.3) is 0 Å². The van der Waals surface area contributed by atoms with Gasteiger partial charge in [-0.2, -0.15) is 0 Å². The molecule has 0 spiro atoms. The molecule has 1 unspecified atom stereocenters. The zero-order chi connectivity index (χ0) is 12.7. The van der Waals surface area contributed by atoms with E-state index in [-0.39, 0.29) is 6.04 Å². The van der Waals surface area contributed by atoms with E-state index in [0.717, 1.165) is 12.0 Å². The quantitative estimate of drug-likeness (QED) is 0.764. The summed E-state index contributed by atoms with van der Waals surface area (Å²) < 4.78 is 10.7. The molecule has 1 atom stereocenters. The fourth-order valence-corrected chi connectivity index (χ4v) is 1.77.